The highest BCUT2D eigenvalue weighted by Crippen LogP contribution is 2.40. The van der Waals surface area contributed by atoms with E-state index in [9.17, 15) is 4.79 Å². The number of aliphatic imine (C=N–C) groups is 1. The molecule has 0 radical (unpaired) electrons. The number of nitrogens with zero attached hydrogens (tertiary/aromatic N) is 2. The molecule has 1 N–H and O–H groups in total. The van der Waals surface area contributed by atoms with Crippen LogP contribution in [0, 0.1) is 12.3 Å². The molecule has 1 saturated carbocycles. The Morgan fingerprint density at radius 1 is 1.19 bits per heavy atom. The Balaban J connectivity index is 1.49. The van der Waals surface area contributed by atoms with E-state index in [2.05, 4.69) is 34.1 Å². The number of thiophene rings is 1. The maximum Gasteiger partial charge on any atom is 0.254 e. The molecule has 5 rings (SSSR count). The van der Waals surface area contributed by atoms with Crippen LogP contribution in [0.1, 0.15) is 71.3 Å². The lowest BCUT2D eigenvalue weighted by Crippen LogP contribution is -2.36. The quantitative estimate of drug-likeness (QED) is 0.380. The minimum absolute atomic E-state index is 0.0678. The molecule has 2 aliphatic carbocycles. The van der Waals surface area contributed by atoms with Crippen LogP contribution in [-0.2, 0) is 19.4 Å². The third-order valence-electron chi connectivity index (χ3n) is 6.72. The Hall–Kier alpha value is -2.84. The molecular formula is C27H29N3OS. The molecule has 0 atom stereocenters. The summed E-state index contributed by atoms with van der Waals surface area (Å²) in [6.45, 7) is 0.524. The molecule has 2 heterocycles. The highest BCUT2D eigenvalue weighted by Gasteiger charge is 2.27. The summed E-state index contributed by atoms with van der Waals surface area (Å²) >= 11 is 1.70. The first kappa shape index (κ1) is 21.0. The van der Waals surface area contributed by atoms with Gasteiger partial charge in [0.05, 0.1) is 12.1 Å². The molecule has 164 valence electrons. The number of carbonyl (C=O) groups is 1. The maximum atomic E-state index is 13.4. The van der Waals surface area contributed by atoms with Gasteiger partial charge in [0.25, 0.3) is 5.91 Å². The number of nitrogens with one attached hydrogen (secondary N) is 1. The summed E-state index contributed by atoms with van der Waals surface area (Å²) < 4.78 is 2.08. The van der Waals surface area contributed by atoms with Gasteiger partial charge in [0.1, 0.15) is 5.00 Å². The fourth-order valence-electron chi connectivity index (χ4n) is 5.12. The summed E-state index contributed by atoms with van der Waals surface area (Å²) in [6.07, 6.45) is 19.8. The predicted molar refractivity (Wildman–Crippen MR) is 133 cm³/mol. The molecule has 3 aromatic rings. The van der Waals surface area contributed by atoms with Crippen LogP contribution >= 0.6 is 11.3 Å². The fraction of sp³-hybridized carbons (Fsp3) is 0.407. The molecule has 2 aliphatic rings. The molecule has 1 aromatic carbocycles. The first-order valence-electron chi connectivity index (χ1n) is 11.8. The van der Waals surface area contributed by atoms with Crippen molar-refractivity contribution in [3.8, 4) is 12.3 Å². The first-order chi connectivity index (χ1) is 15.7. The number of aromatic nitrogens is 1. The minimum atomic E-state index is 0.0678. The third-order valence-corrected chi connectivity index (χ3v) is 7.92. The normalized spacial score (nSPS) is 16.8. The zero-order valence-electron chi connectivity index (χ0n) is 18.4. The van der Waals surface area contributed by atoms with E-state index in [1.165, 1.54) is 36.1 Å². The Bertz CT molecular complexity index is 1200. The van der Waals surface area contributed by atoms with E-state index in [4.69, 9.17) is 11.4 Å². The van der Waals surface area contributed by atoms with Gasteiger partial charge in [-0.05, 0) is 50.2 Å². The highest BCUT2D eigenvalue weighted by molar-refractivity contribution is 7.16. The van der Waals surface area contributed by atoms with Crippen LogP contribution in [0.5, 0.6) is 0 Å². The Morgan fingerprint density at radius 3 is 2.84 bits per heavy atom. The molecule has 4 nitrogen and oxygen atoms in total. The van der Waals surface area contributed by atoms with E-state index >= 15 is 0 Å². The fourth-order valence-corrected chi connectivity index (χ4v) is 6.35. The zero-order valence-corrected chi connectivity index (χ0v) is 19.2. The Morgan fingerprint density at radius 2 is 2.00 bits per heavy atom. The largest absolute Gasteiger partial charge is 0.349 e. The third kappa shape index (κ3) is 4.12. The van der Waals surface area contributed by atoms with Gasteiger partial charge < -0.3 is 9.88 Å². The second-order valence-corrected chi connectivity index (χ2v) is 9.97. The Labute approximate surface area is 193 Å². The van der Waals surface area contributed by atoms with Gasteiger partial charge in [-0.15, -0.1) is 17.8 Å². The van der Waals surface area contributed by atoms with Crippen molar-refractivity contribution in [3.05, 3.63) is 52.0 Å². The van der Waals surface area contributed by atoms with Crippen LogP contribution in [0.3, 0.4) is 0 Å². The Kier molecular flexibility index (Phi) is 6.14. The van der Waals surface area contributed by atoms with Crippen LogP contribution in [-0.4, -0.2) is 22.7 Å². The average Bonchev–Trinajstić information content (AvgIpc) is 3.37. The molecule has 5 heteroatoms. The lowest BCUT2D eigenvalue weighted by molar-refractivity contribution is 0.0927. The number of para-hydroxylation sites is 1. The van der Waals surface area contributed by atoms with Crippen LogP contribution in [0.25, 0.3) is 10.9 Å². The molecule has 0 saturated heterocycles. The summed E-state index contributed by atoms with van der Waals surface area (Å²) in [7, 11) is 0. The van der Waals surface area contributed by atoms with Crippen molar-refractivity contribution in [1.82, 2.24) is 9.88 Å². The van der Waals surface area contributed by atoms with Crippen molar-refractivity contribution >= 4 is 39.4 Å². The summed E-state index contributed by atoms with van der Waals surface area (Å²) in [5.41, 5.74) is 4.18. The van der Waals surface area contributed by atoms with Gasteiger partial charge >= 0.3 is 0 Å². The van der Waals surface area contributed by atoms with Gasteiger partial charge in [0.2, 0.25) is 0 Å². The van der Waals surface area contributed by atoms with Crippen molar-refractivity contribution in [3.63, 3.8) is 0 Å². The SMILES string of the molecule is C#CCn1cc(C=Nc2sc3c(c2C(=O)NC2CCCCC2)CCCC3)c2ccccc21. The monoisotopic (exact) mass is 443 g/mol. The second-order valence-electron chi connectivity index (χ2n) is 8.89. The lowest BCUT2D eigenvalue weighted by atomic mass is 9.93. The van der Waals surface area contributed by atoms with Gasteiger partial charge in [-0.25, -0.2) is 4.99 Å². The summed E-state index contributed by atoms with van der Waals surface area (Å²) in [4.78, 5) is 19.6. The number of aryl methyl sites for hydroxylation is 1. The number of amides is 1. The van der Waals surface area contributed by atoms with Crippen molar-refractivity contribution in [2.75, 3.05) is 0 Å². The molecule has 1 fully saturated rings. The molecule has 1 amide bonds. The summed E-state index contributed by atoms with van der Waals surface area (Å²) in [6, 6.07) is 8.54. The van der Waals surface area contributed by atoms with Crippen LogP contribution in [0.15, 0.2) is 35.5 Å². The molecule has 2 aromatic heterocycles. The smallest absolute Gasteiger partial charge is 0.254 e. The molecule has 32 heavy (non-hydrogen) atoms. The average molecular weight is 444 g/mol. The van der Waals surface area contributed by atoms with Crippen LogP contribution < -0.4 is 5.32 Å². The van der Waals surface area contributed by atoms with E-state index in [0.29, 0.717) is 12.6 Å². The predicted octanol–water partition coefficient (Wildman–Crippen LogP) is 6.03. The van der Waals surface area contributed by atoms with Gasteiger partial charge in [0.15, 0.2) is 0 Å². The number of terminal acetylenes is 1. The van der Waals surface area contributed by atoms with Gasteiger partial charge in [-0.1, -0.05) is 43.4 Å². The summed E-state index contributed by atoms with van der Waals surface area (Å²) in [5.74, 6) is 2.79. The molecule has 0 spiro atoms. The van der Waals surface area contributed by atoms with Crippen LogP contribution in [0.4, 0.5) is 5.00 Å². The molecule has 0 unspecified atom stereocenters. The first-order valence-corrected chi connectivity index (χ1v) is 12.6. The number of hydrogen-bond donors (Lipinski definition) is 1. The highest BCUT2D eigenvalue weighted by atomic mass is 32.1. The van der Waals surface area contributed by atoms with Gasteiger partial charge in [0, 0.05) is 39.8 Å². The van der Waals surface area contributed by atoms with Crippen LogP contribution in [0.2, 0.25) is 0 Å². The minimum Gasteiger partial charge on any atom is -0.349 e. The van der Waals surface area contributed by atoms with Crippen molar-refractivity contribution in [1.29, 1.82) is 0 Å². The molecule has 0 aliphatic heterocycles. The van der Waals surface area contributed by atoms with E-state index in [1.54, 1.807) is 11.3 Å². The van der Waals surface area contributed by atoms with Gasteiger partial charge in [-0.3, -0.25) is 4.79 Å². The number of carbonyl (C=O) groups excluding carboxylic acids is 1. The number of hydrogen-bond acceptors (Lipinski definition) is 3. The number of fused-ring (bicyclic) bond motifs is 2. The van der Waals surface area contributed by atoms with E-state index in [1.807, 2.05) is 18.3 Å². The molecule has 0 bridgehead atoms. The zero-order chi connectivity index (χ0) is 21.9. The van der Waals surface area contributed by atoms with Crippen molar-refractivity contribution in [2.24, 2.45) is 4.99 Å². The van der Waals surface area contributed by atoms with E-state index in [0.717, 1.165) is 59.1 Å². The van der Waals surface area contributed by atoms with Gasteiger partial charge in [-0.2, -0.15) is 0 Å². The number of rotatable bonds is 5. The summed E-state index contributed by atoms with van der Waals surface area (Å²) in [5, 5.41) is 5.30. The topological polar surface area (TPSA) is 46.4 Å². The van der Waals surface area contributed by atoms with Crippen molar-refractivity contribution in [2.45, 2.75) is 70.4 Å². The maximum absolute atomic E-state index is 13.4. The van der Waals surface area contributed by atoms with Crippen molar-refractivity contribution < 1.29 is 4.79 Å². The second kappa shape index (κ2) is 9.34. The lowest BCUT2D eigenvalue weighted by Gasteiger charge is -2.23. The standard InChI is InChI=1S/C27H29N3OS/c1-2-16-30-18-19(21-12-6-8-14-23(21)30)17-28-27-25(22-13-7-9-15-24(22)32-27)26(31)29-20-10-4-3-5-11-20/h1,6,8,12,14,17-18,20H,3-5,7,9-11,13,15-16H2,(H,29,31). The number of benzene rings is 1. The van der Waals surface area contributed by atoms with E-state index in [-0.39, 0.29) is 5.91 Å². The molecular weight excluding hydrogens is 414 g/mol. The van der Waals surface area contributed by atoms with E-state index < -0.39 is 0 Å².